The lowest BCUT2D eigenvalue weighted by Gasteiger charge is -2.28. The molecule has 0 saturated carbocycles. The molecule has 2 N–H and O–H groups in total. The minimum Gasteiger partial charge on any atom is -0.352 e. The van der Waals surface area contributed by atoms with Crippen molar-refractivity contribution in [1.29, 1.82) is 0 Å². The number of fused-ring (bicyclic) bond motifs is 1. The van der Waals surface area contributed by atoms with Crippen LogP contribution in [0.3, 0.4) is 0 Å². The fourth-order valence-corrected chi connectivity index (χ4v) is 6.14. The van der Waals surface area contributed by atoms with Gasteiger partial charge in [-0.25, -0.2) is 0 Å². The summed E-state index contributed by atoms with van der Waals surface area (Å²) in [6, 6.07) is 32.4. The van der Waals surface area contributed by atoms with Crippen LogP contribution in [0.1, 0.15) is 41.1 Å². The molecular weight excluding hydrogens is 514 g/mol. The van der Waals surface area contributed by atoms with Gasteiger partial charge in [-0.1, -0.05) is 60.7 Å². The first-order valence-electron chi connectivity index (χ1n) is 13.5. The summed E-state index contributed by atoms with van der Waals surface area (Å²) in [6.07, 6.45) is 2.12. The van der Waals surface area contributed by atoms with Gasteiger partial charge in [0.1, 0.15) is 0 Å². The third-order valence-corrected chi connectivity index (χ3v) is 7.98. The molecular formula is C33H31N5OS. The fraction of sp³-hybridized carbons (Fsp3) is 0.182. The van der Waals surface area contributed by atoms with Gasteiger partial charge in [-0.3, -0.25) is 9.78 Å². The van der Waals surface area contributed by atoms with Gasteiger partial charge in [-0.05, 0) is 73.4 Å². The smallest absolute Gasteiger partial charge is 0.226 e. The molecule has 0 bridgehead atoms. The molecule has 1 amide bonds. The van der Waals surface area contributed by atoms with Crippen molar-refractivity contribution >= 4 is 39.7 Å². The number of para-hydroxylation sites is 1. The first-order chi connectivity index (χ1) is 19.5. The Morgan fingerprint density at radius 2 is 1.70 bits per heavy atom. The molecule has 1 fully saturated rings. The molecule has 40 heavy (non-hydrogen) atoms. The number of nitrogens with one attached hydrogen (secondary N) is 2. The summed E-state index contributed by atoms with van der Waals surface area (Å²) in [7, 11) is 0. The second kappa shape index (κ2) is 10.9. The topological polar surface area (TPSA) is 62.2 Å². The molecule has 0 unspecified atom stereocenters. The van der Waals surface area contributed by atoms with E-state index in [0.29, 0.717) is 18.1 Å². The zero-order valence-corrected chi connectivity index (χ0v) is 23.4. The van der Waals surface area contributed by atoms with E-state index in [4.69, 9.17) is 12.2 Å². The minimum atomic E-state index is -0.146. The maximum absolute atomic E-state index is 12.9. The Balaban J connectivity index is 1.37. The Hall–Kier alpha value is -4.49. The Kier molecular flexibility index (Phi) is 7.05. The number of aryl methyl sites for hydroxylation is 1. The van der Waals surface area contributed by atoms with E-state index in [1.807, 2.05) is 54.7 Å². The molecule has 6 nitrogen and oxygen atoms in total. The van der Waals surface area contributed by atoms with Crippen molar-refractivity contribution in [2.45, 2.75) is 32.4 Å². The third kappa shape index (κ3) is 4.84. The summed E-state index contributed by atoms with van der Waals surface area (Å²) in [4.78, 5) is 19.7. The second-order valence-corrected chi connectivity index (χ2v) is 10.5. The highest BCUT2D eigenvalue weighted by atomic mass is 32.1. The van der Waals surface area contributed by atoms with Crippen molar-refractivity contribution in [3.8, 4) is 5.69 Å². The number of carbonyl (C=O) groups is 1. The fourth-order valence-electron chi connectivity index (χ4n) is 5.81. The number of hydrogen-bond donors (Lipinski definition) is 2. The molecule has 2 atom stereocenters. The Morgan fingerprint density at radius 1 is 0.950 bits per heavy atom. The summed E-state index contributed by atoms with van der Waals surface area (Å²) < 4.78 is 2.33. The number of hydrogen-bond acceptors (Lipinski definition) is 3. The van der Waals surface area contributed by atoms with Gasteiger partial charge in [0.15, 0.2) is 5.11 Å². The molecule has 2 aromatic heterocycles. The lowest BCUT2D eigenvalue weighted by molar-refractivity contribution is -0.116. The Labute approximate surface area is 239 Å². The van der Waals surface area contributed by atoms with Gasteiger partial charge in [0, 0.05) is 41.6 Å². The van der Waals surface area contributed by atoms with E-state index >= 15 is 0 Å². The lowest BCUT2D eigenvalue weighted by Crippen LogP contribution is -2.32. The van der Waals surface area contributed by atoms with Gasteiger partial charge in [0.2, 0.25) is 5.91 Å². The molecule has 200 valence electrons. The van der Waals surface area contributed by atoms with Crippen LogP contribution in [0.15, 0.2) is 103 Å². The van der Waals surface area contributed by atoms with Gasteiger partial charge in [-0.15, -0.1) is 0 Å². The number of rotatable bonds is 7. The van der Waals surface area contributed by atoms with E-state index in [1.54, 1.807) is 0 Å². The van der Waals surface area contributed by atoms with Crippen molar-refractivity contribution in [2.75, 3.05) is 11.9 Å². The molecule has 1 saturated heterocycles. The largest absolute Gasteiger partial charge is 0.352 e. The van der Waals surface area contributed by atoms with Crippen LogP contribution >= 0.6 is 12.2 Å². The molecule has 3 aromatic carbocycles. The second-order valence-electron chi connectivity index (χ2n) is 10.1. The summed E-state index contributed by atoms with van der Waals surface area (Å²) in [5.74, 6) is -0.0461. The van der Waals surface area contributed by atoms with E-state index in [0.717, 1.165) is 34.0 Å². The molecule has 1 aliphatic heterocycles. The summed E-state index contributed by atoms with van der Waals surface area (Å²) in [5.41, 5.74) is 6.30. The van der Waals surface area contributed by atoms with Crippen LogP contribution in [-0.2, 0) is 4.79 Å². The first kappa shape index (κ1) is 25.8. The third-order valence-electron chi connectivity index (χ3n) is 7.63. The average Bonchev–Trinajstić information content (AvgIpc) is 3.46. The van der Waals surface area contributed by atoms with E-state index < -0.39 is 0 Å². The molecule has 5 aromatic rings. The van der Waals surface area contributed by atoms with Crippen molar-refractivity contribution in [2.24, 2.45) is 0 Å². The number of nitrogens with zero attached hydrogens (tertiary/aromatic N) is 3. The number of thiocarbonyl (C=S) groups is 1. The molecule has 3 heterocycles. The monoisotopic (exact) mass is 545 g/mol. The van der Waals surface area contributed by atoms with E-state index in [1.165, 1.54) is 10.8 Å². The van der Waals surface area contributed by atoms with Crippen LogP contribution in [-0.4, -0.2) is 32.0 Å². The maximum atomic E-state index is 12.9. The molecule has 1 aliphatic rings. The zero-order valence-electron chi connectivity index (χ0n) is 22.5. The summed E-state index contributed by atoms with van der Waals surface area (Å²) in [6.45, 7) is 4.80. The summed E-state index contributed by atoms with van der Waals surface area (Å²) >= 11 is 5.86. The highest BCUT2D eigenvalue weighted by Gasteiger charge is 2.41. The standard InChI is InChI=1S/C33H31N5OS/c1-22-21-27(23(2)38(22)29-17-10-12-24-11-6-7-15-26(24)29)32-31(28-16-8-9-19-34-28)36-33(40)37(32)20-18-30(39)35-25-13-4-3-5-14-25/h3-17,19,21,31-32H,18,20H2,1-2H3,(H,35,39)(H,36,40)/t31-,32-/m0/s1. The Bertz CT molecular complexity index is 1680. The number of aromatic nitrogens is 2. The first-order valence-corrected chi connectivity index (χ1v) is 13.9. The molecule has 6 rings (SSSR count). The highest BCUT2D eigenvalue weighted by molar-refractivity contribution is 7.80. The number of benzene rings is 3. The van der Waals surface area contributed by atoms with Crippen LogP contribution in [0, 0.1) is 13.8 Å². The van der Waals surface area contributed by atoms with Crippen molar-refractivity contribution < 1.29 is 4.79 Å². The Morgan fingerprint density at radius 3 is 2.50 bits per heavy atom. The maximum Gasteiger partial charge on any atom is 0.226 e. The van der Waals surface area contributed by atoms with E-state index in [2.05, 4.69) is 87.5 Å². The molecule has 0 spiro atoms. The quantitative estimate of drug-likeness (QED) is 0.225. The molecule has 0 aliphatic carbocycles. The van der Waals surface area contributed by atoms with E-state index in [-0.39, 0.29) is 18.0 Å². The van der Waals surface area contributed by atoms with Gasteiger partial charge in [-0.2, -0.15) is 0 Å². The van der Waals surface area contributed by atoms with Gasteiger partial charge in [0.05, 0.1) is 23.5 Å². The SMILES string of the molecule is Cc1cc([C@H]2[C@H](c3ccccn3)NC(=S)N2CCC(=O)Nc2ccccc2)c(C)n1-c1cccc2ccccc12. The van der Waals surface area contributed by atoms with Crippen molar-refractivity contribution in [3.63, 3.8) is 0 Å². The average molecular weight is 546 g/mol. The predicted octanol–water partition coefficient (Wildman–Crippen LogP) is 6.64. The number of amides is 1. The van der Waals surface area contributed by atoms with E-state index in [9.17, 15) is 4.79 Å². The van der Waals surface area contributed by atoms with Crippen LogP contribution in [0.4, 0.5) is 5.69 Å². The van der Waals surface area contributed by atoms with Crippen LogP contribution in [0.2, 0.25) is 0 Å². The van der Waals surface area contributed by atoms with Crippen molar-refractivity contribution in [3.05, 3.63) is 126 Å². The number of pyridine rings is 1. The number of anilines is 1. The predicted molar refractivity (Wildman–Crippen MR) is 165 cm³/mol. The highest BCUT2D eigenvalue weighted by Crippen LogP contribution is 2.42. The van der Waals surface area contributed by atoms with Crippen LogP contribution in [0.5, 0.6) is 0 Å². The summed E-state index contributed by atoms with van der Waals surface area (Å²) in [5, 5.41) is 9.55. The van der Waals surface area contributed by atoms with Gasteiger partial charge >= 0.3 is 0 Å². The zero-order chi connectivity index (χ0) is 27.6. The number of carbonyl (C=O) groups excluding carboxylic acids is 1. The van der Waals surface area contributed by atoms with Crippen LogP contribution < -0.4 is 10.6 Å². The van der Waals surface area contributed by atoms with Crippen molar-refractivity contribution in [1.82, 2.24) is 19.8 Å². The molecule has 0 radical (unpaired) electrons. The minimum absolute atomic E-state index is 0.0461. The van der Waals surface area contributed by atoms with Crippen LogP contribution in [0.25, 0.3) is 16.5 Å². The normalized spacial score (nSPS) is 16.8. The molecule has 7 heteroatoms. The lowest BCUT2D eigenvalue weighted by atomic mass is 9.96. The van der Waals surface area contributed by atoms with Gasteiger partial charge in [0.25, 0.3) is 0 Å². The van der Waals surface area contributed by atoms with Gasteiger partial charge < -0.3 is 20.1 Å².